The van der Waals surface area contributed by atoms with E-state index in [1.54, 1.807) is 24.3 Å². The molecule has 2 rings (SSSR count). The van der Waals surface area contributed by atoms with E-state index in [1.807, 2.05) is 0 Å². The molecule has 0 aliphatic rings. The van der Waals surface area contributed by atoms with Crippen LogP contribution in [-0.2, 0) is 0 Å². The third-order valence-electron chi connectivity index (χ3n) is 2.25. The smallest absolute Gasteiger partial charge is 0.294 e. The highest BCUT2D eigenvalue weighted by molar-refractivity contribution is 8.01. The van der Waals surface area contributed by atoms with Crippen LogP contribution in [0, 0.1) is 10.1 Å². The van der Waals surface area contributed by atoms with Gasteiger partial charge in [0.05, 0.1) is 9.80 Å². The van der Waals surface area contributed by atoms with Crippen molar-refractivity contribution in [2.75, 3.05) is 0 Å². The van der Waals surface area contributed by atoms with Gasteiger partial charge in [-0.3, -0.25) is 14.9 Å². The van der Waals surface area contributed by atoms with Crippen LogP contribution in [0.5, 0.6) is 0 Å². The molecule has 4 nitrogen and oxygen atoms in total. The van der Waals surface area contributed by atoms with Crippen LogP contribution in [-0.4, -0.2) is 10.7 Å². The zero-order valence-electron chi connectivity index (χ0n) is 9.75. The molecular formula is C12H8ClNO3S2. The molecule has 1 aromatic heterocycles. The number of rotatable bonds is 4. The minimum absolute atomic E-state index is 0.0323. The van der Waals surface area contributed by atoms with Crippen molar-refractivity contribution in [3.63, 3.8) is 0 Å². The minimum atomic E-state index is -0.471. The quantitative estimate of drug-likeness (QED) is 0.468. The lowest BCUT2D eigenvalue weighted by molar-refractivity contribution is -0.387. The van der Waals surface area contributed by atoms with Crippen molar-refractivity contribution in [2.24, 2.45) is 0 Å². The summed E-state index contributed by atoms with van der Waals surface area (Å²) in [7, 11) is 0. The molecule has 0 aliphatic carbocycles. The Kier molecular flexibility index (Phi) is 4.24. The topological polar surface area (TPSA) is 60.2 Å². The largest absolute Gasteiger partial charge is 0.294 e. The summed E-state index contributed by atoms with van der Waals surface area (Å²) in [6, 6.07) is 8.32. The highest BCUT2D eigenvalue weighted by Crippen LogP contribution is 2.41. The summed E-state index contributed by atoms with van der Waals surface area (Å²) < 4.78 is 0.498. The zero-order chi connectivity index (χ0) is 14.0. The number of benzene rings is 1. The van der Waals surface area contributed by atoms with E-state index in [0.717, 1.165) is 16.2 Å². The summed E-state index contributed by atoms with van der Waals surface area (Å²) in [4.78, 5) is 23.0. The first-order chi connectivity index (χ1) is 8.97. The fourth-order valence-corrected chi connectivity index (χ4v) is 3.68. The highest BCUT2D eigenvalue weighted by atomic mass is 35.5. The monoisotopic (exact) mass is 313 g/mol. The van der Waals surface area contributed by atoms with Gasteiger partial charge < -0.3 is 0 Å². The Labute approximate surface area is 122 Å². The molecule has 0 aliphatic heterocycles. The van der Waals surface area contributed by atoms with Crippen molar-refractivity contribution in [1.82, 2.24) is 0 Å². The number of nitro groups is 1. The number of ketones is 1. The van der Waals surface area contributed by atoms with Gasteiger partial charge in [0.1, 0.15) is 4.21 Å². The normalized spacial score (nSPS) is 10.4. The maximum absolute atomic E-state index is 11.3. The number of hydrogen-bond donors (Lipinski definition) is 0. The lowest BCUT2D eigenvalue weighted by Crippen LogP contribution is -1.87. The van der Waals surface area contributed by atoms with Crippen LogP contribution in [0.25, 0.3) is 0 Å². The van der Waals surface area contributed by atoms with Crippen molar-refractivity contribution in [2.45, 2.75) is 16.0 Å². The number of hydrogen-bond acceptors (Lipinski definition) is 5. The third-order valence-corrected chi connectivity index (χ3v) is 4.92. The van der Waals surface area contributed by atoms with E-state index >= 15 is 0 Å². The Morgan fingerprint density at radius 2 is 2.00 bits per heavy atom. The van der Waals surface area contributed by atoms with E-state index in [2.05, 4.69) is 0 Å². The number of carbonyl (C=O) groups excluding carboxylic acids is 1. The second-order valence-corrected chi connectivity index (χ2v) is 6.48. The van der Waals surface area contributed by atoms with Gasteiger partial charge in [-0.15, -0.1) is 11.3 Å². The molecule has 0 bridgehead atoms. The van der Waals surface area contributed by atoms with Crippen LogP contribution in [0.15, 0.2) is 39.4 Å². The second kappa shape index (κ2) is 5.73. The highest BCUT2D eigenvalue weighted by Gasteiger charge is 2.21. The molecule has 0 amide bonds. The molecule has 7 heteroatoms. The number of halogens is 1. The van der Waals surface area contributed by atoms with Gasteiger partial charge in [-0.2, -0.15) is 0 Å². The van der Waals surface area contributed by atoms with E-state index in [0.29, 0.717) is 14.1 Å². The first-order valence-corrected chi connectivity index (χ1v) is 7.21. The van der Waals surface area contributed by atoms with Crippen LogP contribution in [0.4, 0.5) is 5.69 Å². The Morgan fingerprint density at radius 1 is 1.37 bits per heavy atom. The summed E-state index contributed by atoms with van der Waals surface area (Å²) in [5.41, 5.74) is -0.0323. The summed E-state index contributed by atoms with van der Waals surface area (Å²) in [5.74, 6) is -0.170. The van der Waals surface area contributed by atoms with E-state index in [4.69, 9.17) is 11.6 Å². The van der Waals surface area contributed by atoms with Crippen LogP contribution in [0.2, 0.25) is 5.02 Å². The van der Waals surface area contributed by atoms with Crippen molar-refractivity contribution in [3.8, 4) is 0 Å². The molecule has 0 spiro atoms. The van der Waals surface area contributed by atoms with Gasteiger partial charge in [0.15, 0.2) is 5.78 Å². The van der Waals surface area contributed by atoms with Gasteiger partial charge in [0.25, 0.3) is 5.69 Å². The van der Waals surface area contributed by atoms with Gasteiger partial charge in [-0.05, 0) is 31.2 Å². The molecule has 19 heavy (non-hydrogen) atoms. The first-order valence-electron chi connectivity index (χ1n) is 5.20. The first kappa shape index (κ1) is 14.0. The molecule has 0 saturated carbocycles. The Hall–Kier alpha value is -1.37. The molecular weight excluding hydrogens is 306 g/mol. The predicted octanol–water partition coefficient (Wildman–Crippen LogP) is 4.66. The summed E-state index contributed by atoms with van der Waals surface area (Å²) in [6.07, 6.45) is 0. The van der Waals surface area contributed by atoms with Crippen LogP contribution in [0.1, 0.15) is 16.6 Å². The predicted molar refractivity (Wildman–Crippen MR) is 76.6 cm³/mol. The molecule has 0 radical (unpaired) electrons. The van der Waals surface area contributed by atoms with Gasteiger partial charge in [0.2, 0.25) is 0 Å². The summed E-state index contributed by atoms with van der Waals surface area (Å²) >= 11 is 8.17. The molecule has 2 aromatic rings. The average molecular weight is 314 g/mol. The number of nitrogens with zero attached hydrogens (tertiary/aromatic N) is 1. The SMILES string of the molecule is CC(=O)c1cc([N+](=O)[O-])c(Sc2ccc(Cl)cc2)s1. The molecule has 98 valence electrons. The van der Waals surface area contributed by atoms with Crippen molar-refractivity contribution < 1.29 is 9.72 Å². The van der Waals surface area contributed by atoms with Gasteiger partial charge in [0, 0.05) is 16.0 Å². The lowest BCUT2D eigenvalue weighted by atomic mass is 10.3. The third kappa shape index (κ3) is 3.34. The van der Waals surface area contributed by atoms with Crippen LogP contribution < -0.4 is 0 Å². The maximum Gasteiger partial charge on any atom is 0.294 e. The van der Waals surface area contributed by atoms with E-state index < -0.39 is 4.92 Å². The number of Topliss-reactive ketones (excluding diaryl/α,β-unsaturated/α-hetero) is 1. The average Bonchev–Trinajstić information content (AvgIpc) is 2.76. The zero-order valence-corrected chi connectivity index (χ0v) is 12.1. The maximum atomic E-state index is 11.3. The molecule has 0 N–H and O–H groups in total. The number of carbonyl (C=O) groups is 1. The van der Waals surface area contributed by atoms with Crippen molar-refractivity contribution in [3.05, 3.63) is 50.3 Å². The Bertz CT molecular complexity index is 637. The minimum Gasteiger partial charge on any atom is -0.294 e. The van der Waals surface area contributed by atoms with E-state index in [-0.39, 0.29) is 11.5 Å². The lowest BCUT2D eigenvalue weighted by Gasteiger charge is -1.98. The van der Waals surface area contributed by atoms with Crippen molar-refractivity contribution >= 4 is 46.2 Å². The van der Waals surface area contributed by atoms with Gasteiger partial charge in [-0.1, -0.05) is 23.4 Å². The van der Waals surface area contributed by atoms with Crippen molar-refractivity contribution in [1.29, 1.82) is 0 Å². The van der Waals surface area contributed by atoms with Crippen LogP contribution in [0.3, 0.4) is 0 Å². The summed E-state index contributed by atoms with van der Waals surface area (Å²) in [5, 5.41) is 11.6. The molecule has 0 unspecified atom stereocenters. The second-order valence-electron chi connectivity index (χ2n) is 3.65. The Morgan fingerprint density at radius 3 is 2.53 bits per heavy atom. The van der Waals surface area contributed by atoms with E-state index in [9.17, 15) is 14.9 Å². The Balaban J connectivity index is 2.35. The number of thiophene rings is 1. The molecule has 0 fully saturated rings. The van der Waals surface area contributed by atoms with E-state index in [1.165, 1.54) is 24.8 Å². The summed E-state index contributed by atoms with van der Waals surface area (Å²) in [6.45, 7) is 1.40. The van der Waals surface area contributed by atoms with Gasteiger partial charge >= 0.3 is 0 Å². The van der Waals surface area contributed by atoms with Crippen LogP contribution >= 0.6 is 34.7 Å². The molecule has 0 saturated heterocycles. The fourth-order valence-electron chi connectivity index (χ4n) is 1.35. The molecule has 0 atom stereocenters. The standard InChI is InChI=1S/C12H8ClNO3S2/c1-7(15)11-6-10(14(16)17)12(19-11)18-9-4-2-8(13)3-5-9/h2-6H,1H3. The molecule has 1 aromatic carbocycles. The van der Waals surface area contributed by atoms with Gasteiger partial charge in [-0.25, -0.2) is 0 Å². The fraction of sp³-hybridized carbons (Fsp3) is 0.0833. The molecule has 1 heterocycles.